The van der Waals surface area contributed by atoms with Crippen molar-refractivity contribution in [3.63, 3.8) is 0 Å². The van der Waals surface area contributed by atoms with Gasteiger partial charge in [0.15, 0.2) is 0 Å². The highest BCUT2D eigenvalue weighted by Gasteiger charge is 2.26. The zero-order chi connectivity index (χ0) is 15.9. The molecule has 0 spiro atoms. The van der Waals surface area contributed by atoms with Crippen molar-refractivity contribution >= 4 is 11.8 Å². The maximum absolute atomic E-state index is 8.88. The first-order chi connectivity index (χ1) is 11.3. The average molecular weight is 321 g/mol. The summed E-state index contributed by atoms with van der Waals surface area (Å²) in [4.78, 5) is 11.5. The SMILES string of the molecule is OCCCNc1nc(NCCN2CCOCC2)cc(C2CC2)n1. The Labute approximate surface area is 137 Å². The summed E-state index contributed by atoms with van der Waals surface area (Å²) >= 11 is 0. The summed E-state index contributed by atoms with van der Waals surface area (Å²) in [6.07, 6.45) is 3.15. The van der Waals surface area contributed by atoms with Gasteiger partial charge in [-0.15, -0.1) is 0 Å². The second kappa shape index (κ2) is 8.42. The fourth-order valence-electron chi connectivity index (χ4n) is 2.67. The van der Waals surface area contributed by atoms with Gasteiger partial charge in [-0.3, -0.25) is 4.90 Å². The lowest BCUT2D eigenvalue weighted by atomic mass is 10.3. The van der Waals surface area contributed by atoms with Crippen LogP contribution < -0.4 is 10.6 Å². The molecule has 128 valence electrons. The van der Waals surface area contributed by atoms with Crippen LogP contribution >= 0.6 is 0 Å². The van der Waals surface area contributed by atoms with E-state index in [1.54, 1.807) is 0 Å². The number of aliphatic hydroxyl groups excluding tert-OH is 1. The Balaban J connectivity index is 1.53. The summed E-state index contributed by atoms with van der Waals surface area (Å²) in [6.45, 7) is 6.42. The first-order valence-corrected chi connectivity index (χ1v) is 8.63. The molecule has 2 aliphatic rings. The van der Waals surface area contributed by atoms with Gasteiger partial charge in [-0.05, 0) is 19.3 Å². The third-order valence-corrected chi connectivity index (χ3v) is 4.20. The van der Waals surface area contributed by atoms with Crippen LogP contribution in [0.5, 0.6) is 0 Å². The van der Waals surface area contributed by atoms with Crippen LogP contribution in [-0.4, -0.2) is 72.5 Å². The van der Waals surface area contributed by atoms with Gasteiger partial charge in [0.25, 0.3) is 0 Å². The second-order valence-electron chi connectivity index (χ2n) is 6.16. The molecule has 7 heteroatoms. The molecule has 23 heavy (non-hydrogen) atoms. The molecule has 0 atom stereocenters. The van der Waals surface area contributed by atoms with Crippen molar-refractivity contribution in [3.8, 4) is 0 Å². The maximum atomic E-state index is 8.88. The van der Waals surface area contributed by atoms with E-state index in [4.69, 9.17) is 9.84 Å². The van der Waals surface area contributed by atoms with E-state index >= 15 is 0 Å². The normalized spacial score (nSPS) is 18.8. The summed E-state index contributed by atoms with van der Waals surface area (Å²) in [7, 11) is 0. The summed E-state index contributed by atoms with van der Waals surface area (Å²) in [5, 5.41) is 15.5. The molecule has 1 aliphatic heterocycles. The first-order valence-electron chi connectivity index (χ1n) is 8.63. The molecular weight excluding hydrogens is 294 g/mol. The molecule has 1 saturated carbocycles. The predicted molar refractivity (Wildman–Crippen MR) is 89.9 cm³/mol. The van der Waals surface area contributed by atoms with Gasteiger partial charge >= 0.3 is 0 Å². The minimum Gasteiger partial charge on any atom is -0.396 e. The molecule has 0 unspecified atom stereocenters. The van der Waals surface area contributed by atoms with Crippen LogP contribution in [0.3, 0.4) is 0 Å². The molecule has 2 fully saturated rings. The Morgan fingerprint density at radius 1 is 1.17 bits per heavy atom. The van der Waals surface area contributed by atoms with Crippen LogP contribution in [0, 0.1) is 0 Å². The van der Waals surface area contributed by atoms with Crippen LogP contribution in [-0.2, 0) is 4.74 Å². The van der Waals surface area contributed by atoms with E-state index in [-0.39, 0.29) is 6.61 Å². The second-order valence-corrected chi connectivity index (χ2v) is 6.16. The van der Waals surface area contributed by atoms with Crippen molar-refractivity contribution in [3.05, 3.63) is 11.8 Å². The number of nitrogens with zero attached hydrogens (tertiary/aromatic N) is 3. The van der Waals surface area contributed by atoms with Gasteiger partial charge in [0, 0.05) is 51.3 Å². The molecule has 0 aromatic carbocycles. The third kappa shape index (κ3) is 5.30. The van der Waals surface area contributed by atoms with Gasteiger partial charge in [-0.25, -0.2) is 4.98 Å². The molecule has 3 N–H and O–H groups in total. The van der Waals surface area contributed by atoms with E-state index in [1.165, 1.54) is 12.8 Å². The highest BCUT2D eigenvalue weighted by molar-refractivity contribution is 5.44. The fraction of sp³-hybridized carbons (Fsp3) is 0.750. The Hall–Kier alpha value is -1.44. The van der Waals surface area contributed by atoms with E-state index < -0.39 is 0 Å². The van der Waals surface area contributed by atoms with Crippen LogP contribution in [0.1, 0.15) is 30.9 Å². The van der Waals surface area contributed by atoms with Crippen molar-refractivity contribution in [2.24, 2.45) is 0 Å². The van der Waals surface area contributed by atoms with Crippen molar-refractivity contribution in [2.75, 3.05) is 63.2 Å². The lowest BCUT2D eigenvalue weighted by Gasteiger charge is -2.26. The summed E-state index contributed by atoms with van der Waals surface area (Å²) in [5.74, 6) is 2.15. The van der Waals surface area contributed by atoms with Crippen LogP contribution in [0.4, 0.5) is 11.8 Å². The highest BCUT2D eigenvalue weighted by Crippen LogP contribution is 2.39. The molecule has 2 heterocycles. The van der Waals surface area contributed by atoms with Crippen molar-refractivity contribution in [1.82, 2.24) is 14.9 Å². The smallest absolute Gasteiger partial charge is 0.224 e. The summed E-state index contributed by atoms with van der Waals surface area (Å²) < 4.78 is 5.37. The van der Waals surface area contributed by atoms with Gasteiger partial charge < -0.3 is 20.5 Å². The minimum absolute atomic E-state index is 0.181. The fourth-order valence-corrected chi connectivity index (χ4v) is 2.67. The van der Waals surface area contributed by atoms with E-state index in [9.17, 15) is 0 Å². The Bertz CT molecular complexity index is 489. The first kappa shape index (κ1) is 16.4. The number of nitrogens with one attached hydrogen (secondary N) is 2. The Morgan fingerprint density at radius 3 is 2.74 bits per heavy atom. The van der Waals surface area contributed by atoms with E-state index in [2.05, 4.69) is 31.6 Å². The van der Waals surface area contributed by atoms with Crippen LogP contribution in [0.25, 0.3) is 0 Å². The van der Waals surface area contributed by atoms with E-state index in [0.29, 0.717) is 24.8 Å². The maximum Gasteiger partial charge on any atom is 0.224 e. The molecule has 1 aromatic rings. The van der Waals surface area contributed by atoms with E-state index in [0.717, 1.165) is 50.9 Å². The quantitative estimate of drug-likeness (QED) is 0.583. The highest BCUT2D eigenvalue weighted by atomic mass is 16.5. The number of ether oxygens (including phenoxy) is 1. The van der Waals surface area contributed by atoms with Crippen molar-refractivity contribution in [2.45, 2.75) is 25.2 Å². The van der Waals surface area contributed by atoms with Crippen molar-refractivity contribution < 1.29 is 9.84 Å². The van der Waals surface area contributed by atoms with Crippen LogP contribution in [0.2, 0.25) is 0 Å². The molecule has 3 rings (SSSR count). The van der Waals surface area contributed by atoms with Gasteiger partial charge in [-0.2, -0.15) is 4.98 Å². The topological polar surface area (TPSA) is 82.5 Å². The summed E-state index contributed by atoms with van der Waals surface area (Å²) in [5.41, 5.74) is 1.13. The standard InChI is InChI=1S/C16H27N5O2/c22-9-1-4-18-16-19-14(13-2-3-13)12-15(20-16)17-5-6-21-7-10-23-11-8-21/h12-13,22H,1-11H2,(H2,17,18,19,20). The van der Waals surface area contributed by atoms with E-state index in [1.807, 2.05) is 0 Å². The molecular formula is C16H27N5O2. The van der Waals surface area contributed by atoms with Gasteiger partial charge in [0.1, 0.15) is 5.82 Å². The van der Waals surface area contributed by atoms with Gasteiger partial charge in [-0.1, -0.05) is 0 Å². The lowest BCUT2D eigenvalue weighted by molar-refractivity contribution is 0.0398. The zero-order valence-electron chi connectivity index (χ0n) is 13.6. The molecule has 0 bridgehead atoms. The molecule has 1 aromatic heterocycles. The number of hydrogen-bond acceptors (Lipinski definition) is 7. The molecule has 1 saturated heterocycles. The predicted octanol–water partition coefficient (Wildman–Crippen LogP) is 0.892. The Kier molecular flexibility index (Phi) is 6.01. The number of morpholine rings is 1. The number of rotatable bonds is 9. The van der Waals surface area contributed by atoms with Crippen LogP contribution in [0.15, 0.2) is 6.07 Å². The molecule has 7 nitrogen and oxygen atoms in total. The number of anilines is 2. The lowest BCUT2D eigenvalue weighted by Crippen LogP contribution is -2.39. The molecule has 1 aliphatic carbocycles. The minimum atomic E-state index is 0.181. The molecule has 0 amide bonds. The van der Waals surface area contributed by atoms with Gasteiger partial charge in [0.05, 0.1) is 18.9 Å². The number of aliphatic hydroxyl groups is 1. The van der Waals surface area contributed by atoms with Crippen molar-refractivity contribution in [1.29, 1.82) is 0 Å². The monoisotopic (exact) mass is 321 g/mol. The third-order valence-electron chi connectivity index (χ3n) is 4.20. The Morgan fingerprint density at radius 2 is 2.00 bits per heavy atom. The number of aromatic nitrogens is 2. The molecule has 0 radical (unpaired) electrons. The largest absolute Gasteiger partial charge is 0.396 e. The summed E-state index contributed by atoms with van der Waals surface area (Å²) in [6, 6.07) is 2.08. The zero-order valence-corrected chi connectivity index (χ0v) is 13.6. The van der Waals surface area contributed by atoms with Gasteiger partial charge in [0.2, 0.25) is 5.95 Å². The average Bonchev–Trinajstić information content (AvgIpc) is 3.41. The number of hydrogen-bond donors (Lipinski definition) is 3.